The second-order valence-corrected chi connectivity index (χ2v) is 3.73. The lowest BCUT2D eigenvalue weighted by Crippen LogP contribution is -2.36. The molecule has 0 aromatic rings. The lowest BCUT2D eigenvalue weighted by molar-refractivity contribution is 0.146. The van der Waals surface area contributed by atoms with Crippen molar-refractivity contribution in [2.45, 2.75) is 33.2 Å². The molecule has 0 spiro atoms. The zero-order valence-corrected chi connectivity index (χ0v) is 8.86. The Morgan fingerprint density at radius 3 is 2.93 bits per heavy atom. The number of hydrogen-bond acceptors (Lipinski definition) is 3. The molecule has 1 aliphatic heterocycles. The van der Waals surface area contributed by atoms with Crippen LogP contribution >= 0.6 is 0 Å². The number of amides is 1. The first-order chi connectivity index (χ1) is 6.57. The van der Waals surface area contributed by atoms with Gasteiger partial charge in [-0.3, -0.25) is 0 Å². The molecule has 0 unspecified atom stereocenters. The Bertz CT molecular complexity index is 248. The molecule has 4 nitrogen and oxygen atoms in total. The first kappa shape index (κ1) is 10.9. The van der Waals surface area contributed by atoms with E-state index in [2.05, 4.69) is 0 Å². The summed E-state index contributed by atoms with van der Waals surface area (Å²) in [6.07, 6.45) is 1.86. The molecule has 1 N–H and O–H groups in total. The Balaban J connectivity index is 2.81. The molecule has 80 valence electrons. The van der Waals surface area contributed by atoms with Gasteiger partial charge in [0.1, 0.15) is 6.61 Å². The van der Waals surface area contributed by atoms with Gasteiger partial charge in [0.15, 0.2) is 5.88 Å². The highest BCUT2D eigenvalue weighted by Crippen LogP contribution is 2.22. The van der Waals surface area contributed by atoms with E-state index in [1.807, 2.05) is 20.8 Å². The Morgan fingerprint density at radius 1 is 1.79 bits per heavy atom. The third-order valence-electron chi connectivity index (χ3n) is 2.31. The summed E-state index contributed by atoms with van der Waals surface area (Å²) in [5, 5.41) is 9.62. The molecule has 0 aromatic carbocycles. The molecule has 1 saturated heterocycles. The number of aliphatic hydroxyl groups is 1. The highest BCUT2D eigenvalue weighted by Gasteiger charge is 2.37. The predicted molar refractivity (Wildman–Crippen MR) is 52.8 cm³/mol. The number of hydrogen-bond donors (Lipinski definition) is 1. The van der Waals surface area contributed by atoms with Crippen molar-refractivity contribution < 1.29 is 14.6 Å². The molecule has 0 radical (unpaired) electrons. The summed E-state index contributed by atoms with van der Waals surface area (Å²) in [4.78, 5) is 12.6. The SMILES string of the molecule is CC/C=C(\O)N1C(=O)OC[C@@H]1C(C)C. The summed E-state index contributed by atoms with van der Waals surface area (Å²) in [6, 6.07) is -0.0506. The van der Waals surface area contributed by atoms with Crippen molar-refractivity contribution in [3.8, 4) is 0 Å². The molecule has 0 saturated carbocycles. The van der Waals surface area contributed by atoms with Crippen LogP contribution in [-0.2, 0) is 4.74 Å². The minimum absolute atomic E-state index is 0.00806. The normalized spacial score (nSPS) is 23.1. The van der Waals surface area contributed by atoms with Gasteiger partial charge in [-0.25, -0.2) is 9.69 Å². The number of aliphatic hydroxyl groups excluding tert-OH is 1. The zero-order valence-electron chi connectivity index (χ0n) is 8.86. The third kappa shape index (κ3) is 2.00. The fourth-order valence-electron chi connectivity index (χ4n) is 1.47. The van der Waals surface area contributed by atoms with Crippen LogP contribution in [0.1, 0.15) is 27.2 Å². The smallest absolute Gasteiger partial charge is 0.417 e. The molecule has 1 amide bonds. The van der Waals surface area contributed by atoms with Crippen molar-refractivity contribution in [2.24, 2.45) is 5.92 Å². The lowest BCUT2D eigenvalue weighted by Gasteiger charge is -2.22. The predicted octanol–water partition coefficient (Wildman–Crippen LogP) is 2.27. The van der Waals surface area contributed by atoms with Crippen molar-refractivity contribution in [3.63, 3.8) is 0 Å². The van der Waals surface area contributed by atoms with Crippen LogP contribution in [0.5, 0.6) is 0 Å². The van der Waals surface area contributed by atoms with Crippen molar-refractivity contribution >= 4 is 6.09 Å². The van der Waals surface area contributed by atoms with E-state index >= 15 is 0 Å². The minimum Gasteiger partial charge on any atom is -0.495 e. The van der Waals surface area contributed by atoms with Crippen LogP contribution in [0.3, 0.4) is 0 Å². The number of allylic oxidation sites excluding steroid dienone is 1. The highest BCUT2D eigenvalue weighted by molar-refractivity contribution is 5.72. The standard InChI is InChI=1S/C10H17NO3/c1-4-5-9(12)11-8(7(2)3)6-14-10(11)13/h5,7-8,12H,4,6H2,1-3H3/b9-5-/t8-/m1/s1. The minimum atomic E-state index is -0.453. The van der Waals surface area contributed by atoms with Crippen molar-refractivity contribution in [1.29, 1.82) is 0 Å². The van der Waals surface area contributed by atoms with Gasteiger partial charge in [-0.15, -0.1) is 0 Å². The van der Waals surface area contributed by atoms with Crippen molar-refractivity contribution in [2.75, 3.05) is 6.61 Å². The van der Waals surface area contributed by atoms with Crippen LogP contribution in [0.4, 0.5) is 4.79 Å². The second-order valence-electron chi connectivity index (χ2n) is 3.73. The molecule has 14 heavy (non-hydrogen) atoms. The van der Waals surface area contributed by atoms with Crippen LogP contribution in [0.2, 0.25) is 0 Å². The molecular weight excluding hydrogens is 182 g/mol. The summed E-state index contributed by atoms with van der Waals surface area (Å²) in [7, 11) is 0. The van der Waals surface area contributed by atoms with Crippen LogP contribution in [0, 0.1) is 5.92 Å². The summed E-state index contributed by atoms with van der Waals surface area (Å²) in [5.41, 5.74) is 0. The van der Waals surface area contributed by atoms with Crippen LogP contribution in [-0.4, -0.2) is 28.7 Å². The molecule has 1 rings (SSSR count). The average Bonchev–Trinajstić information content (AvgIpc) is 2.47. The van der Waals surface area contributed by atoms with Gasteiger partial charge in [-0.05, 0) is 18.4 Å². The summed E-state index contributed by atoms with van der Waals surface area (Å²) < 4.78 is 4.89. The van der Waals surface area contributed by atoms with E-state index in [0.717, 1.165) is 0 Å². The van der Waals surface area contributed by atoms with Gasteiger partial charge >= 0.3 is 6.09 Å². The Hall–Kier alpha value is -1.19. The van der Waals surface area contributed by atoms with Crippen LogP contribution in [0.15, 0.2) is 12.0 Å². The van der Waals surface area contributed by atoms with Gasteiger partial charge < -0.3 is 9.84 Å². The topological polar surface area (TPSA) is 49.8 Å². The number of carbonyl (C=O) groups is 1. The maximum absolute atomic E-state index is 11.3. The summed E-state index contributed by atoms with van der Waals surface area (Å²) in [5.74, 6) is 0.280. The first-order valence-corrected chi connectivity index (χ1v) is 4.93. The maximum Gasteiger partial charge on any atom is 0.417 e. The average molecular weight is 199 g/mol. The van der Waals surface area contributed by atoms with E-state index in [4.69, 9.17) is 4.74 Å². The quantitative estimate of drug-likeness (QED) is 0.709. The monoisotopic (exact) mass is 199 g/mol. The van der Waals surface area contributed by atoms with Crippen molar-refractivity contribution in [1.82, 2.24) is 4.90 Å². The number of carbonyl (C=O) groups excluding carboxylic acids is 1. The van der Waals surface area contributed by atoms with Crippen molar-refractivity contribution in [3.05, 3.63) is 12.0 Å². The number of nitrogens with zero attached hydrogens (tertiary/aromatic N) is 1. The Morgan fingerprint density at radius 2 is 2.43 bits per heavy atom. The molecule has 0 aliphatic carbocycles. The van der Waals surface area contributed by atoms with E-state index in [9.17, 15) is 9.90 Å². The van der Waals surface area contributed by atoms with Gasteiger partial charge in [-0.2, -0.15) is 0 Å². The molecule has 1 aliphatic rings. The number of cyclic esters (lactones) is 1. The fraction of sp³-hybridized carbons (Fsp3) is 0.700. The molecule has 0 bridgehead atoms. The molecule has 1 fully saturated rings. The summed E-state index contributed by atoms with van der Waals surface area (Å²) >= 11 is 0. The lowest BCUT2D eigenvalue weighted by atomic mass is 10.1. The largest absolute Gasteiger partial charge is 0.495 e. The highest BCUT2D eigenvalue weighted by atomic mass is 16.6. The number of ether oxygens (including phenoxy) is 1. The van der Waals surface area contributed by atoms with Gasteiger partial charge in [0.2, 0.25) is 0 Å². The molecule has 1 atom stereocenters. The molecular formula is C10H17NO3. The first-order valence-electron chi connectivity index (χ1n) is 4.93. The van der Waals surface area contributed by atoms with Gasteiger partial charge in [-0.1, -0.05) is 20.8 Å². The third-order valence-corrected chi connectivity index (χ3v) is 2.31. The van der Waals surface area contributed by atoms with E-state index in [1.165, 1.54) is 4.90 Å². The number of rotatable bonds is 3. The van der Waals surface area contributed by atoms with Crippen LogP contribution in [0.25, 0.3) is 0 Å². The Kier molecular flexibility index (Phi) is 3.38. The molecule has 4 heteroatoms. The second kappa shape index (κ2) is 4.35. The van der Waals surface area contributed by atoms with Gasteiger partial charge in [0, 0.05) is 0 Å². The van der Waals surface area contributed by atoms with E-state index in [1.54, 1.807) is 6.08 Å². The maximum atomic E-state index is 11.3. The zero-order chi connectivity index (χ0) is 10.7. The van der Waals surface area contributed by atoms with E-state index in [-0.39, 0.29) is 17.8 Å². The summed E-state index contributed by atoms with van der Waals surface area (Å²) in [6.45, 7) is 6.26. The fourth-order valence-corrected chi connectivity index (χ4v) is 1.47. The molecule has 0 aromatic heterocycles. The van der Waals surface area contributed by atoms with E-state index < -0.39 is 6.09 Å². The van der Waals surface area contributed by atoms with Gasteiger partial charge in [0.25, 0.3) is 0 Å². The van der Waals surface area contributed by atoms with Crippen LogP contribution < -0.4 is 0 Å². The van der Waals surface area contributed by atoms with E-state index in [0.29, 0.717) is 13.0 Å². The van der Waals surface area contributed by atoms with Gasteiger partial charge in [0.05, 0.1) is 6.04 Å². The molecule has 1 heterocycles. The Labute approximate surface area is 84.2 Å².